The van der Waals surface area contributed by atoms with E-state index < -0.39 is 17.6 Å². The lowest BCUT2D eigenvalue weighted by molar-refractivity contribution is -0.137. The Morgan fingerprint density at radius 1 is 0.862 bits per heavy atom. The highest BCUT2D eigenvalue weighted by atomic mass is 32.1. The fraction of sp³-hybridized carbons (Fsp3) is 0.0476. The largest absolute Gasteiger partial charge is 0.457 e. The number of carbonyl (C=O) groups is 1. The Balaban J connectivity index is 1.64. The first-order chi connectivity index (χ1) is 13.8. The van der Waals surface area contributed by atoms with Gasteiger partial charge in [0, 0.05) is 17.3 Å². The van der Waals surface area contributed by atoms with Gasteiger partial charge in [-0.15, -0.1) is 0 Å². The molecule has 0 radical (unpaired) electrons. The van der Waals surface area contributed by atoms with Crippen molar-refractivity contribution in [3.8, 4) is 11.5 Å². The standard InChI is InChI=1S/C21H15F3N2O2S/c22-21(23,24)15-7-4-6-14(12-15)19(27)26-20(29)25-16-8-5-11-18(13-16)28-17-9-2-1-3-10-17/h1-13H,(H2,25,26,27,29). The smallest absolute Gasteiger partial charge is 0.416 e. The minimum Gasteiger partial charge on any atom is -0.457 e. The number of amides is 1. The number of halogens is 3. The fourth-order valence-corrected chi connectivity index (χ4v) is 2.65. The van der Waals surface area contributed by atoms with Crippen LogP contribution in [0.5, 0.6) is 11.5 Å². The molecule has 0 unspecified atom stereocenters. The number of hydrogen-bond donors (Lipinski definition) is 2. The minimum atomic E-state index is -4.53. The van der Waals surface area contributed by atoms with Crippen LogP contribution in [0.25, 0.3) is 0 Å². The molecule has 1 amide bonds. The molecule has 0 heterocycles. The summed E-state index contributed by atoms with van der Waals surface area (Å²) in [6, 6.07) is 20.1. The van der Waals surface area contributed by atoms with Crippen molar-refractivity contribution in [1.29, 1.82) is 0 Å². The zero-order chi connectivity index (χ0) is 20.9. The Morgan fingerprint density at radius 2 is 1.55 bits per heavy atom. The second-order valence-electron chi connectivity index (χ2n) is 5.93. The molecule has 0 spiro atoms. The molecule has 3 aromatic carbocycles. The van der Waals surface area contributed by atoms with Crippen molar-refractivity contribution in [1.82, 2.24) is 5.32 Å². The third kappa shape index (κ3) is 5.79. The second-order valence-corrected chi connectivity index (χ2v) is 6.34. The number of benzene rings is 3. The van der Waals surface area contributed by atoms with Crippen LogP contribution in [0.3, 0.4) is 0 Å². The van der Waals surface area contributed by atoms with E-state index in [1.165, 1.54) is 12.1 Å². The predicted octanol–water partition coefficient (Wildman–Crippen LogP) is 5.62. The molecule has 0 atom stereocenters. The summed E-state index contributed by atoms with van der Waals surface area (Å²) >= 11 is 5.09. The zero-order valence-electron chi connectivity index (χ0n) is 14.9. The van der Waals surface area contributed by atoms with Gasteiger partial charge in [-0.25, -0.2) is 0 Å². The molecule has 148 valence electrons. The van der Waals surface area contributed by atoms with E-state index in [4.69, 9.17) is 17.0 Å². The molecule has 0 aromatic heterocycles. The molecule has 0 saturated heterocycles. The maximum absolute atomic E-state index is 12.8. The first-order valence-corrected chi connectivity index (χ1v) is 8.85. The number of thiocarbonyl (C=S) groups is 1. The Bertz CT molecular complexity index is 1020. The minimum absolute atomic E-state index is 0.0516. The zero-order valence-corrected chi connectivity index (χ0v) is 15.7. The molecule has 2 N–H and O–H groups in total. The van der Waals surface area contributed by atoms with E-state index in [0.717, 1.165) is 12.1 Å². The first-order valence-electron chi connectivity index (χ1n) is 8.44. The van der Waals surface area contributed by atoms with Crippen LogP contribution in [-0.4, -0.2) is 11.0 Å². The number of alkyl halides is 3. The summed E-state index contributed by atoms with van der Waals surface area (Å²) in [5.74, 6) is 0.462. The van der Waals surface area contributed by atoms with Crippen LogP contribution >= 0.6 is 12.2 Å². The monoisotopic (exact) mass is 416 g/mol. The molecule has 0 fully saturated rings. The lowest BCUT2D eigenvalue weighted by Crippen LogP contribution is -2.34. The molecule has 3 aromatic rings. The van der Waals surface area contributed by atoms with Crippen LogP contribution in [-0.2, 0) is 6.18 Å². The van der Waals surface area contributed by atoms with E-state index in [-0.39, 0.29) is 10.7 Å². The number of ether oxygens (including phenoxy) is 1. The van der Waals surface area contributed by atoms with Crippen molar-refractivity contribution >= 4 is 28.9 Å². The molecule has 0 bridgehead atoms. The number of para-hydroxylation sites is 1. The molecule has 0 aliphatic carbocycles. The molecule has 0 saturated carbocycles. The van der Waals surface area contributed by atoms with Gasteiger partial charge in [-0.05, 0) is 54.7 Å². The third-order valence-electron chi connectivity index (χ3n) is 3.75. The van der Waals surface area contributed by atoms with Crippen LogP contribution in [0.15, 0.2) is 78.9 Å². The number of rotatable bonds is 4. The maximum atomic E-state index is 12.8. The van der Waals surface area contributed by atoms with Crippen molar-refractivity contribution < 1.29 is 22.7 Å². The van der Waals surface area contributed by atoms with Crippen molar-refractivity contribution in [3.05, 3.63) is 90.0 Å². The molecule has 3 rings (SSSR count). The summed E-state index contributed by atoms with van der Waals surface area (Å²) in [6.45, 7) is 0. The molecule has 29 heavy (non-hydrogen) atoms. The number of carbonyl (C=O) groups excluding carboxylic acids is 1. The predicted molar refractivity (Wildman–Crippen MR) is 108 cm³/mol. The van der Waals surface area contributed by atoms with Crippen molar-refractivity contribution in [2.75, 3.05) is 5.32 Å². The van der Waals surface area contributed by atoms with Crippen molar-refractivity contribution in [3.63, 3.8) is 0 Å². The quantitative estimate of drug-likeness (QED) is 0.542. The van der Waals surface area contributed by atoms with Crippen molar-refractivity contribution in [2.45, 2.75) is 6.18 Å². The Hall–Kier alpha value is -3.39. The van der Waals surface area contributed by atoms with Gasteiger partial charge in [0.1, 0.15) is 11.5 Å². The Labute approximate surface area is 170 Å². The van der Waals surface area contributed by atoms with Crippen molar-refractivity contribution in [2.24, 2.45) is 0 Å². The second kappa shape index (κ2) is 8.74. The van der Waals surface area contributed by atoms with Crippen LogP contribution in [0, 0.1) is 0 Å². The normalized spacial score (nSPS) is 10.9. The highest BCUT2D eigenvalue weighted by Crippen LogP contribution is 2.29. The molecule has 8 heteroatoms. The van der Waals surface area contributed by atoms with Gasteiger partial charge in [0.25, 0.3) is 5.91 Å². The Morgan fingerprint density at radius 3 is 2.28 bits per heavy atom. The summed E-state index contributed by atoms with van der Waals surface area (Å²) in [7, 11) is 0. The van der Waals surface area contributed by atoms with Gasteiger partial charge in [0.05, 0.1) is 5.56 Å². The van der Waals surface area contributed by atoms with E-state index in [0.29, 0.717) is 17.2 Å². The Kier molecular flexibility index (Phi) is 6.13. The summed E-state index contributed by atoms with van der Waals surface area (Å²) < 4.78 is 44.1. The molecular formula is C21H15F3N2O2S. The summed E-state index contributed by atoms with van der Waals surface area (Å²) in [4.78, 5) is 12.2. The van der Waals surface area contributed by atoms with Gasteiger partial charge in [-0.1, -0.05) is 30.3 Å². The third-order valence-corrected chi connectivity index (χ3v) is 3.95. The van der Waals surface area contributed by atoms with E-state index >= 15 is 0 Å². The lowest BCUT2D eigenvalue weighted by atomic mass is 10.1. The lowest BCUT2D eigenvalue weighted by Gasteiger charge is -2.12. The van der Waals surface area contributed by atoms with Gasteiger partial charge < -0.3 is 10.1 Å². The van der Waals surface area contributed by atoms with Gasteiger partial charge in [-0.2, -0.15) is 13.2 Å². The topological polar surface area (TPSA) is 50.4 Å². The first kappa shape index (κ1) is 20.3. The summed E-state index contributed by atoms with van der Waals surface area (Å²) in [5.41, 5.74) is -0.507. The van der Waals surface area contributed by atoms with E-state index in [1.54, 1.807) is 36.4 Å². The van der Waals surface area contributed by atoms with Gasteiger partial charge in [0.15, 0.2) is 5.11 Å². The fourth-order valence-electron chi connectivity index (χ4n) is 2.44. The molecule has 0 aliphatic rings. The number of hydrogen-bond acceptors (Lipinski definition) is 3. The van der Waals surface area contributed by atoms with E-state index in [2.05, 4.69) is 10.6 Å². The average molecular weight is 416 g/mol. The number of anilines is 1. The SMILES string of the molecule is O=C(NC(=S)Nc1cccc(Oc2ccccc2)c1)c1cccc(C(F)(F)F)c1. The highest BCUT2D eigenvalue weighted by Gasteiger charge is 2.30. The summed E-state index contributed by atoms with van der Waals surface area (Å²) in [6.07, 6.45) is -4.53. The summed E-state index contributed by atoms with van der Waals surface area (Å²) in [5, 5.41) is 5.13. The molecule has 0 aliphatic heterocycles. The van der Waals surface area contributed by atoms with E-state index in [9.17, 15) is 18.0 Å². The van der Waals surface area contributed by atoms with Crippen LogP contribution in [0.1, 0.15) is 15.9 Å². The van der Waals surface area contributed by atoms with Gasteiger partial charge in [-0.3, -0.25) is 10.1 Å². The van der Waals surface area contributed by atoms with Crippen LogP contribution in [0.2, 0.25) is 0 Å². The number of nitrogens with one attached hydrogen (secondary N) is 2. The molecular weight excluding hydrogens is 401 g/mol. The van der Waals surface area contributed by atoms with E-state index in [1.807, 2.05) is 18.2 Å². The maximum Gasteiger partial charge on any atom is 0.416 e. The van der Waals surface area contributed by atoms with Gasteiger partial charge >= 0.3 is 6.18 Å². The van der Waals surface area contributed by atoms with Crippen LogP contribution in [0.4, 0.5) is 18.9 Å². The average Bonchev–Trinajstić information content (AvgIpc) is 2.68. The highest BCUT2D eigenvalue weighted by molar-refractivity contribution is 7.80. The van der Waals surface area contributed by atoms with Gasteiger partial charge in [0.2, 0.25) is 0 Å². The van der Waals surface area contributed by atoms with Crippen LogP contribution < -0.4 is 15.4 Å². The molecule has 4 nitrogen and oxygen atoms in total.